The Balaban J connectivity index is 3.37. The lowest BCUT2D eigenvalue weighted by Crippen LogP contribution is -2.01. The lowest BCUT2D eigenvalue weighted by molar-refractivity contribution is 0.108. The Labute approximate surface area is 94.0 Å². The molecule has 0 aliphatic carbocycles. The van der Waals surface area contributed by atoms with Crippen LogP contribution in [-0.4, -0.2) is 17.3 Å². The number of methoxy groups -OCH3 is 1. The normalized spacial score (nSPS) is 10.5. The molecule has 0 atom stereocenters. The zero-order valence-corrected chi connectivity index (χ0v) is 8.94. The van der Waals surface area contributed by atoms with E-state index in [0.717, 1.165) is 6.07 Å². The zero-order valence-electron chi connectivity index (χ0n) is 7.43. The standard InChI is InChI=1S/C8H5Cl2F2NO2/c1-15-8-4(7(11)12)2-3(6(10)14)5(9)13-8/h2,7H,1H3. The lowest BCUT2D eigenvalue weighted by Gasteiger charge is -2.08. The molecule has 0 amide bonds. The number of halogens is 4. The van der Waals surface area contributed by atoms with Crippen molar-refractivity contribution in [3.8, 4) is 5.88 Å². The van der Waals surface area contributed by atoms with Gasteiger partial charge in [0.15, 0.2) is 0 Å². The van der Waals surface area contributed by atoms with Gasteiger partial charge < -0.3 is 4.74 Å². The highest BCUT2D eigenvalue weighted by Crippen LogP contribution is 2.31. The van der Waals surface area contributed by atoms with E-state index in [1.807, 2.05) is 0 Å². The van der Waals surface area contributed by atoms with E-state index in [1.165, 1.54) is 7.11 Å². The van der Waals surface area contributed by atoms with Gasteiger partial charge in [0, 0.05) is 0 Å². The summed E-state index contributed by atoms with van der Waals surface area (Å²) in [7, 11) is 1.17. The molecular weight excluding hydrogens is 251 g/mol. The van der Waals surface area contributed by atoms with Crippen molar-refractivity contribution < 1.29 is 18.3 Å². The van der Waals surface area contributed by atoms with Gasteiger partial charge in [0.2, 0.25) is 5.88 Å². The predicted octanol–water partition coefficient (Wildman–Crippen LogP) is 3.06. The maximum Gasteiger partial charge on any atom is 0.269 e. The maximum absolute atomic E-state index is 12.5. The second-order valence-corrected chi connectivity index (χ2v) is 3.20. The summed E-state index contributed by atoms with van der Waals surface area (Å²) in [6.45, 7) is 0. The van der Waals surface area contributed by atoms with Crippen molar-refractivity contribution in [1.82, 2.24) is 4.98 Å². The summed E-state index contributed by atoms with van der Waals surface area (Å²) < 4.78 is 29.5. The van der Waals surface area contributed by atoms with Gasteiger partial charge in [-0.05, 0) is 17.7 Å². The molecule has 7 heteroatoms. The van der Waals surface area contributed by atoms with Gasteiger partial charge in [0.25, 0.3) is 11.7 Å². The molecular formula is C8H5Cl2F2NO2. The van der Waals surface area contributed by atoms with Crippen LogP contribution >= 0.6 is 23.2 Å². The second-order valence-electron chi connectivity index (χ2n) is 2.50. The van der Waals surface area contributed by atoms with E-state index in [2.05, 4.69) is 9.72 Å². The number of rotatable bonds is 3. The molecule has 1 heterocycles. The zero-order chi connectivity index (χ0) is 11.6. The van der Waals surface area contributed by atoms with Crippen LogP contribution in [0, 0.1) is 0 Å². The van der Waals surface area contributed by atoms with Gasteiger partial charge in [-0.15, -0.1) is 0 Å². The van der Waals surface area contributed by atoms with Crippen molar-refractivity contribution >= 4 is 28.4 Å². The molecule has 15 heavy (non-hydrogen) atoms. The minimum Gasteiger partial charge on any atom is -0.481 e. The van der Waals surface area contributed by atoms with E-state index in [-0.39, 0.29) is 16.6 Å². The van der Waals surface area contributed by atoms with E-state index in [9.17, 15) is 13.6 Å². The molecule has 0 spiro atoms. The smallest absolute Gasteiger partial charge is 0.269 e. The Hall–Kier alpha value is -0.940. The molecule has 0 saturated carbocycles. The molecule has 1 aromatic rings. The molecule has 0 aliphatic heterocycles. The third kappa shape index (κ3) is 2.54. The van der Waals surface area contributed by atoms with E-state index in [0.29, 0.717) is 0 Å². The average molecular weight is 256 g/mol. The first kappa shape index (κ1) is 12.1. The van der Waals surface area contributed by atoms with Crippen LogP contribution in [-0.2, 0) is 0 Å². The Morgan fingerprint density at radius 1 is 1.60 bits per heavy atom. The number of carbonyl (C=O) groups is 1. The number of ether oxygens (including phenoxy) is 1. The third-order valence-corrected chi connectivity index (χ3v) is 2.10. The summed E-state index contributed by atoms with van der Waals surface area (Å²) in [6, 6.07) is 0.869. The van der Waals surface area contributed by atoms with Crippen molar-refractivity contribution in [2.45, 2.75) is 6.43 Å². The van der Waals surface area contributed by atoms with Crippen LogP contribution < -0.4 is 4.74 Å². The third-order valence-electron chi connectivity index (χ3n) is 1.61. The van der Waals surface area contributed by atoms with E-state index in [1.54, 1.807) is 0 Å². The largest absolute Gasteiger partial charge is 0.481 e. The Kier molecular flexibility index (Phi) is 3.82. The van der Waals surface area contributed by atoms with Crippen LogP contribution in [0.2, 0.25) is 5.15 Å². The molecule has 0 radical (unpaired) electrons. The van der Waals surface area contributed by atoms with Gasteiger partial charge in [-0.25, -0.2) is 13.8 Å². The molecule has 1 aromatic heterocycles. The van der Waals surface area contributed by atoms with Gasteiger partial charge >= 0.3 is 0 Å². The SMILES string of the molecule is COc1nc(Cl)c(C(=O)Cl)cc1C(F)F. The van der Waals surface area contributed by atoms with E-state index < -0.39 is 17.2 Å². The fraction of sp³-hybridized carbons (Fsp3) is 0.250. The molecule has 0 fully saturated rings. The van der Waals surface area contributed by atoms with E-state index >= 15 is 0 Å². The molecule has 3 nitrogen and oxygen atoms in total. The number of carbonyl (C=O) groups excluding carboxylic acids is 1. The fourth-order valence-corrected chi connectivity index (χ4v) is 1.36. The molecule has 0 unspecified atom stereocenters. The molecule has 0 N–H and O–H groups in total. The van der Waals surface area contributed by atoms with Crippen molar-refractivity contribution in [2.24, 2.45) is 0 Å². The Morgan fingerprint density at radius 3 is 2.60 bits per heavy atom. The fourth-order valence-electron chi connectivity index (χ4n) is 0.948. The summed E-state index contributed by atoms with van der Waals surface area (Å²) in [5.41, 5.74) is -0.791. The first-order valence-electron chi connectivity index (χ1n) is 3.69. The summed E-state index contributed by atoms with van der Waals surface area (Å²) in [4.78, 5) is 14.3. The number of aromatic nitrogens is 1. The number of hydrogen-bond acceptors (Lipinski definition) is 3. The number of hydrogen-bond donors (Lipinski definition) is 0. The minimum absolute atomic E-state index is 0.267. The van der Waals surface area contributed by atoms with Crippen molar-refractivity contribution in [3.63, 3.8) is 0 Å². The topological polar surface area (TPSA) is 39.2 Å². The van der Waals surface area contributed by atoms with Crippen LogP contribution in [0.3, 0.4) is 0 Å². The van der Waals surface area contributed by atoms with Crippen LogP contribution in [0.1, 0.15) is 22.3 Å². The van der Waals surface area contributed by atoms with Crippen LogP contribution in [0.15, 0.2) is 6.07 Å². The van der Waals surface area contributed by atoms with Gasteiger partial charge in [-0.1, -0.05) is 11.6 Å². The predicted molar refractivity (Wildman–Crippen MR) is 50.9 cm³/mol. The van der Waals surface area contributed by atoms with Crippen LogP contribution in [0.25, 0.3) is 0 Å². The highest BCUT2D eigenvalue weighted by atomic mass is 35.5. The number of pyridine rings is 1. The van der Waals surface area contributed by atoms with Gasteiger partial charge in [-0.3, -0.25) is 4.79 Å². The highest BCUT2D eigenvalue weighted by molar-refractivity contribution is 6.68. The van der Waals surface area contributed by atoms with Crippen LogP contribution in [0.4, 0.5) is 8.78 Å². The summed E-state index contributed by atoms with van der Waals surface area (Å²) >= 11 is 10.7. The van der Waals surface area contributed by atoms with Gasteiger partial charge in [-0.2, -0.15) is 0 Å². The van der Waals surface area contributed by atoms with Gasteiger partial charge in [0.1, 0.15) is 5.15 Å². The van der Waals surface area contributed by atoms with Crippen molar-refractivity contribution in [3.05, 3.63) is 22.3 Å². The summed E-state index contributed by atoms with van der Waals surface area (Å²) in [5, 5.41) is -1.21. The Morgan fingerprint density at radius 2 is 2.20 bits per heavy atom. The monoisotopic (exact) mass is 255 g/mol. The number of alkyl halides is 2. The minimum atomic E-state index is -2.82. The van der Waals surface area contributed by atoms with Crippen molar-refractivity contribution in [1.29, 1.82) is 0 Å². The second kappa shape index (κ2) is 4.72. The summed E-state index contributed by atoms with van der Waals surface area (Å²) in [6.07, 6.45) is -2.82. The first-order valence-corrected chi connectivity index (χ1v) is 4.45. The quantitative estimate of drug-likeness (QED) is 0.616. The number of nitrogens with zero attached hydrogens (tertiary/aromatic N) is 1. The van der Waals surface area contributed by atoms with Crippen LogP contribution in [0.5, 0.6) is 5.88 Å². The molecule has 0 aliphatic rings. The Bertz CT molecular complexity index is 398. The lowest BCUT2D eigenvalue weighted by atomic mass is 10.2. The van der Waals surface area contributed by atoms with Crippen molar-refractivity contribution in [2.75, 3.05) is 7.11 Å². The first-order chi connectivity index (χ1) is 6.97. The average Bonchev–Trinajstić information content (AvgIpc) is 2.16. The highest BCUT2D eigenvalue weighted by Gasteiger charge is 2.20. The summed E-state index contributed by atoms with van der Waals surface area (Å²) in [5.74, 6) is -0.323. The maximum atomic E-state index is 12.5. The molecule has 1 rings (SSSR count). The van der Waals surface area contributed by atoms with Gasteiger partial charge in [0.05, 0.1) is 18.2 Å². The molecule has 82 valence electrons. The van der Waals surface area contributed by atoms with E-state index in [4.69, 9.17) is 23.2 Å². The molecule has 0 aromatic carbocycles. The molecule has 0 bridgehead atoms. The molecule has 0 saturated heterocycles.